The van der Waals surface area contributed by atoms with Crippen molar-refractivity contribution in [3.05, 3.63) is 83.3 Å². The van der Waals surface area contributed by atoms with Gasteiger partial charge < -0.3 is 9.32 Å². The maximum absolute atomic E-state index is 12.5. The zero-order chi connectivity index (χ0) is 17.8. The van der Waals surface area contributed by atoms with Gasteiger partial charge in [0.05, 0.1) is 6.54 Å². The minimum absolute atomic E-state index is 0.159. The molecule has 0 radical (unpaired) electrons. The summed E-state index contributed by atoms with van der Waals surface area (Å²) in [6.07, 6.45) is 6.19. The van der Waals surface area contributed by atoms with E-state index < -0.39 is 0 Å². The second-order valence-corrected chi connectivity index (χ2v) is 6.57. The molecule has 3 aromatic rings. The molecule has 0 spiro atoms. The standard InChI is InChI=1S/C21H21N3O2/c25-21(9-8-17-7-4-11-22-14-17)24-12-10-19-18(15-24)23-20(26-19)13-16-5-2-1-3-6-16/h1-7,11,14H,8-10,12-13,15H2. The molecule has 0 saturated carbocycles. The largest absolute Gasteiger partial charge is 0.445 e. The number of hydrogen-bond donors (Lipinski definition) is 0. The van der Waals surface area contributed by atoms with E-state index in [1.54, 1.807) is 6.20 Å². The Hall–Kier alpha value is -2.95. The third-order valence-electron chi connectivity index (χ3n) is 4.67. The molecular formula is C21H21N3O2. The maximum atomic E-state index is 12.5. The van der Waals surface area contributed by atoms with Crippen LogP contribution in [0.5, 0.6) is 0 Å². The van der Waals surface area contributed by atoms with Crippen LogP contribution in [0, 0.1) is 0 Å². The first-order valence-corrected chi connectivity index (χ1v) is 8.96. The smallest absolute Gasteiger partial charge is 0.223 e. The van der Waals surface area contributed by atoms with Crippen molar-refractivity contribution in [3.63, 3.8) is 0 Å². The maximum Gasteiger partial charge on any atom is 0.223 e. The zero-order valence-corrected chi connectivity index (χ0v) is 14.6. The number of amides is 1. The molecule has 5 heteroatoms. The van der Waals surface area contributed by atoms with E-state index in [9.17, 15) is 4.79 Å². The van der Waals surface area contributed by atoms with Gasteiger partial charge in [-0.3, -0.25) is 9.78 Å². The molecule has 0 saturated heterocycles. The van der Waals surface area contributed by atoms with Crippen molar-refractivity contribution in [1.82, 2.24) is 14.9 Å². The minimum Gasteiger partial charge on any atom is -0.445 e. The summed E-state index contributed by atoms with van der Waals surface area (Å²) in [6.45, 7) is 1.23. The molecule has 2 aromatic heterocycles. The second-order valence-electron chi connectivity index (χ2n) is 6.57. The van der Waals surface area contributed by atoms with Crippen molar-refractivity contribution in [2.24, 2.45) is 0 Å². The Labute approximate surface area is 152 Å². The van der Waals surface area contributed by atoms with Gasteiger partial charge in [0.1, 0.15) is 11.5 Å². The molecule has 4 rings (SSSR count). The summed E-state index contributed by atoms with van der Waals surface area (Å²) in [5.41, 5.74) is 3.16. The van der Waals surface area contributed by atoms with Crippen LogP contribution >= 0.6 is 0 Å². The van der Waals surface area contributed by atoms with Crippen LogP contribution in [-0.4, -0.2) is 27.3 Å². The summed E-state index contributed by atoms with van der Waals surface area (Å²) in [6, 6.07) is 14.1. The van der Waals surface area contributed by atoms with E-state index >= 15 is 0 Å². The van der Waals surface area contributed by atoms with Gasteiger partial charge in [-0.2, -0.15) is 0 Å². The molecule has 0 atom stereocenters. The molecule has 0 fully saturated rings. The highest BCUT2D eigenvalue weighted by molar-refractivity contribution is 5.76. The first-order valence-electron chi connectivity index (χ1n) is 8.96. The van der Waals surface area contributed by atoms with Crippen molar-refractivity contribution >= 4 is 5.91 Å². The second kappa shape index (κ2) is 7.52. The van der Waals surface area contributed by atoms with E-state index in [2.05, 4.69) is 22.1 Å². The van der Waals surface area contributed by atoms with Gasteiger partial charge in [0.2, 0.25) is 5.91 Å². The summed E-state index contributed by atoms with van der Waals surface area (Å²) in [4.78, 5) is 23.1. The third-order valence-corrected chi connectivity index (χ3v) is 4.67. The summed E-state index contributed by atoms with van der Waals surface area (Å²) in [5.74, 6) is 1.81. The van der Waals surface area contributed by atoms with E-state index in [1.165, 1.54) is 5.56 Å². The zero-order valence-electron chi connectivity index (χ0n) is 14.6. The predicted molar refractivity (Wildman–Crippen MR) is 97.4 cm³/mol. The van der Waals surface area contributed by atoms with Crippen LogP contribution in [0.15, 0.2) is 59.3 Å². The van der Waals surface area contributed by atoms with E-state index in [-0.39, 0.29) is 5.91 Å². The molecule has 1 aliphatic heterocycles. The number of oxazole rings is 1. The van der Waals surface area contributed by atoms with Crippen LogP contribution in [0.25, 0.3) is 0 Å². The lowest BCUT2D eigenvalue weighted by Gasteiger charge is -2.25. The molecule has 0 N–H and O–H groups in total. The Morgan fingerprint density at radius 2 is 1.96 bits per heavy atom. The summed E-state index contributed by atoms with van der Waals surface area (Å²) >= 11 is 0. The lowest BCUT2D eigenvalue weighted by atomic mass is 10.1. The summed E-state index contributed by atoms with van der Waals surface area (Å²) < 4.78 is 5.91. The Morgan fingerprint density at radius 1 is 1.12 bits per heavy atom. The van der Waals surface area contributed by atoms with Crippen LogP contribution in [-0.2, 0) is 30.6 Å². The molecule has 1 aromatic carbocycles. The van der Waals surface area contributed by atoms with Crippen LogP contribution in [0.4, 0.5) is 0 Å². The van der Waals surface area contributed by atoms with Crippen LogP contribution in [0.3, 0.4) is 0 Å². The Kier molecular flexibility index (Phi) is 4.78. The van der Waals surface area contributed by atoms with Crippen LogP contribution in [0.2, 0.25) is 0 Å². The van der Waals surface area contributed by atoms with E-state index in [0.29, 0.717) is 32.4 Å². The van der Waals surface area contributed by atoms with Crippen molar-refractivity contribution in [1.29, 1.82) is 0 Å². The Morgan fingerprint density at radius 3 is 2.77 bits per heavy atom. The lowest BCUT2D eigenvalue weighted by molar-refractivity contribution is -0.132. The monoisotopic (exact) mass is 347 g/mol. The van der Waals surface area contributed by atoms with Crippen molar-refractivity contribution < 1.29 is 9.21 Å². The highest BCUT2D eigenvalue weighted by Gasteiger charge is 2.25. The van der Waals surface area contributed by atoms with Gasteiger partial charge >= 0.3 is 0 Å². The van der Waals surface area contributed by atoms with E-state index in [0.717, 1.165) is 29.3 Å². The van der Waals surface area contributed by atoms with Gasteiger partial charge in [-0.15, -0.1) is 0 Å². The molecule has 3 heterocycles. The van der Waals surface area contributed by atoms with Crippen LogP contribution < -0.4 is 0 Å². The lowest BCUT2D eigenvalue weighted by Crippen LogP contribution is -2.35. The van der Waals surface area contributed by atoms with Crippen LogP contribution in [0.1, 0.15) is 34.9 Å². The van der Waals surface area contributed by atoms with E-state index in [1.807, 2.05) is 41.4 Å². The molecule has 26 heavy (non-hydrogen) atoms. The third kappa shape index (κ3) is 3.82. The van der Waals surface area contributed by atoms with Crippen molar-refractivity contribution in [3.8, 4) is 0 Å². The number of fused-ring (bicyclic) bond motifs is 1. The minimum atomic E-state index is 0.159. The fourth-order valence-corrected chi connectivity index (χ4v) is 3.27. The molecule has 0 aliphatic carbocycles. The number of nitrogens with zero attached hydrogens (tertiary/aromatic N) is 3. The van der Waals surface area contributed by atoms with Gasteiger partial charge in [-0.1, -0.05) is 36.4 Å². The summed E-state index contributed by atoms with van der Waals surface area (Å²) in [5, 5.41) is 0. The van der Waals surface area contributed by atoms with Crippen molar-refractivity contribution in [2.45, 2.75) is 32.2 Å². The molecule has 132 valence electrons. The molecule has 0 bridgehead atoms. The molecule has 1 aliphatic rings. The average Bonchev–Trinajstić information content (AvgIpc) is 3.09. The number of carbonyl (C=O) groups is 1. The quantitative estimate of drug-likeness (QED) is 0.711. The number of benzene rings is 1. The van der Waals surface area contributed by atoms with Gasteiger partial charge in [-0.25, -0.2) is 4.98 Å². The first-order chi connectivity index (χ1) is 12.8. The number of carbonyl (C=O) groups excluding carboxylic acids is 1. The topological polar surface area (TPSA) is 59.2 Å². The summed E-state index contributed by atoms with van der Waals surface area (Å²) in [7, 11) is 0. The normalized spacial score (nSPS) is 13.5. The molecule has 1 amide bonds. The Bertz CT molecular complexity index is 875. The van der Waals surface area contributed by atoms with Gasteiger partial charge in [-0.05, 0) is 23.6 Å². The predicted octanol–water partition coefficient (Wildman–Crippen LogP) is 3.18. The number of aryl methyl sites for hydroxylation is 1. The number of hydrogen-bond acceptors (Lipinski definition) is 4. The SMILES string of the molecule is O=C(CCc1cccnc1)N1CCc2oc(Cc3ccccc3)nc2C1. The molecule has 5 nitrogen and oxygen atoms in total. The van der Waals surface area contributed by atoms with Crippen molar-refractivity contribution in [2.75, 3.05) is 6.54 Å². The molecule has 0 unspecified atom stereocenters. The molecular weight excluding hydrogens is 326 g/mol. The highest BCUT2D eigenvalue weighted by Crippen LogP contribution is 2.22. The first kappa shape index (κ1) is 16.5. The number of rotatable bonds is 5. The fraction of sp³-hybridized carbons (Fsp3) is 0.286. The average molecular weight is 347 g/mol. The van der Waals surface area contributed by atoms with Gasteiger partial charge in [0.25, 0.3) is 0 Å². The number of pyridine rings is 1. The highest BCUT2D eigenvalue weighted by atomic mass is 16.4. The Balaban J connectivity index is 1.37. The van der Waals surface area contributed by atoms with E-state index in [4.69, 9.17) is 4.42 Å². The van der Waals surface area contributed by atoms with Gasteiger partial charge in [0.15, 0.2) is 5.89 Å². The number of aromatic nitrogens is 2. The fourth-order valence-electron chi connectivity index (χ4n) is 3.27. The van der Waals surface area contributed by atoms with Gasteiger partial charge in [0, 0.05) is 38.2 Å².